The molecular formula is C27H39NO4. The van der Waals surface area contributed by atoms with Crippen LogP contribution < -0.4 is 0 Å². The number of hydrogen-bond acceptors (Lipinski definition) is 4. The highest BCUT2D eigenvalue weighted by Gasteiger charge is 2.57. The molecule has 0 N–H and O–H groups in total. The maximum Gasteiger partial charge on any atom is 0.411 e. The van der Waals surface area contributed by atoms with Gasteiger partial charge in [-0.25, -0.2) is 9.59 Å². The van der Waals surface area contributed by atoms with Gasteiger partial charge in [-0.3, -0.25) is 4.90 Å². The number of esters is 1. The molecule has 4 atom stereocenters. The Bertz CT molecular complexity index is 781. The zero-order valence-electron chi connectivity index (χ0n) is 19.9. The summed E-state index contributed by atoms with van der Waals surface area (Å²) in [7, 11) is 0. The minimum atomic E-state index is -0.582. The van der Waals surface area contributed by atoms with Crippen LogP contribution in [0.3, 0.4) is 0 Å². The standard InChI is InChI=1S/C27H39NO4/c1-27(2,3)32-25(29)24-23(20-14-8-5-9-15-20)21-16-10-11-17-22(21)28(24)26(30)31-18-19-12-6-4-7-13-19/h4,6-7,12-13,20-24H,5,8-11,14-18H2,1-3H3/t21?,22?,23-,24?/m0/s1. The van der Waals surface area contributed by atoms with Crippen LogP contribution in [0, 0.1) is 17.8 Å². The highest BCUT2D eigenvalue weighted by molar-refractivity contribution is 5.83. The van der Waals surface area contributed by atoms with Gasteiger partial charge in [0, 0.05) is 6.04 Å². The van der Waals surface area contributed by atoms with Crippen LogP contribution in [0.25, 0.3) is 0 Å². The van der Waals surface area contributed by atoms with E-state index in [0.717, 1.165) is 37.7 Å². The molecule has 0 spiro atoms. The van der Waals surface area contributed by atoms with Crippen molar-refractivity contribution < 1.29 is 19.1 Å². The van der Waals surface area contributed by atoms with E-state index in [1.807, 2.05) is 51.1 Å². The minimum Gasteiger partial charge on any atom is -0.458 e. The van der Waals surface area contributed by atoms with Crippen molar-refractivity contribution in [3.8, 4) is 0 Å². The third-order valence-corrected chi connectivity index (χ3v) is 7.56. The average Bonchev–Trinajstić information content (AvgIpc) is 3.13. The molecule has 1 saturated heterocycles. The van der Waals surface area contributed by atoms with E-state index in [9.17, 15) is 9.59 Å². The number of benzene rings is 1. The van der Waals surface area contributed by atoms with Crippen molar-refractivity contribution >= 4 is 12.1 Å². The van der Waals surface area contributed by atoms with Crippen LogP contribution in [0.4, 0.5) is 4.79 Å². The fourth-order valence-electron chi connectivity index (χ4n) is 6.36. The molecule has 2 saturated carbocycles. The van der Waals surface area contributed by atoms with Crippen LogP contribution >= 0.6 is 0 Å². The zero-order valence-corrected chi connectivity index (χ0v) is 19.9. The van der Waals surface area contributed by atoms with Crippen molar-refractivity contribution in [1.29, 1.82) is 0 Å². The van der Waals surface area contributed by atoms with Gasteiger partial charge >= 0.3 is 12.1 Å². The Morgan fingerprint density at radius 1 is 0.938 bits per heavy atom. The van der Waals surface area contributed by atoms with Gasteiger partial charge in [0.25, 0.3) is 0 Å². The lowest BCUT2D eigenvalue weighted by Crippen LogP contribution is -2.50. The van der Waals surface area contributed by atoms with Crippen molar-refractivity contribution in [3.05, 3.63) is 35.9 Å². The predicted octanol–water partition coefficient (Wildman–Crippen LogP) is 6.10. The van der Waals surface area contributed by atoms with E-state index < -0.39 is 11.6 Å². The number of amides is 1. The van der Waals surface area contributed by atoms with Crippen LogP contribution in [0.5, 0.6) is 0 Å². The summed E-state index contributed by atoms with van der Waals surface area (Å²) in [5.41, 5.74) is 0.375. The SMILES string of the molecule is CC(C)(C)OC(=O)C1[C@@H](C2CCCCC2)C2CCCCC2N1C(=O)OCc1ccccc1. The summed E-state index contributed by atoms with van der Waals surface area (Å²) < 4.78 is 11.7. The van der Waals surface area contributed by atoms with Gasteiger partial charge in [0.05, 0.1) is 0 Å². The van der Waals surface area contributed by atoms with E-state index in [2.05, 4.69) is 0 Å². The number of hydrogen-bond donors (Lipinski definition) is 0. The second-order valence-electron chi connectivity index (χ2n) is 10.9. The maximum atomic E-state index is 13.6. The number of rotatable bonds is 4. The summed E-state index contributed by atoms with van der Waals surface area (Å²) in [6, 6.07) is 9.29. The van der Waals surface area contributed by atoms with Crippen LogP contribution in [-0.4, -0.2) is 34.6 Å². The first-order valence-corrected chi connectivity index (χ1v) is 12.6. The number of carbonyl (C=O) groups is 2. The molecule has 176 valence electrons. The topological polar surface area (TPSA) is 55.8 Å². The molecule has 1 aromatic carbocycles. The molecule has 3 aliphatic rings. The molecule has 32 heavy (non-hydrogen) atoms. The Labute approximate surface area is 192 Å². The molecule has 5 nitrogen and oxygen atoms in total. The Balaban J connectivity index is 1.62. The third-order valence-electron chi connectivity index (χ3n) is 7.56. The average molecular weight is 442 g/mol. The van der Waals surface area contributed by atoms with E-state index >= 15 is 0 Å². The summed E-state index contributed by atoms with van der Waals surface area (Å²) in [5, 5.41) is 0. The van der Waals surface area contributed by atoms with Crippen LogP contribution in [0.15, 0.2) is 30.3 Å². The fourth-order valence-corrected chi connectivity index (χ4v) is 6.36. The van der Waals surface area contributed by atoms with Crippen LogP contribution in [0.2, 0.25) is 0 Å². The number of ether oxygens (including phenoxy) is 2. The van der Waals surface area contributed by atoms with Crippen molar-refractivity contribution in [2.45, 2.75) is 103 Å². The maximum absolute atomic E-state index is 13.6. The highest BCUT2D eigenvalue weighted by Crippen LogP contribution is 2.50. The largest absolute Gasteiger partial charge is 0.458 e. The van der Waals surface area contributed by atoms with E-state index in [4.69, 9.17) is 9.47 Å². The lowest BCUT2D eigenvalue weighted by Gasteiger charge is -2.36. The highest BCUT2D eigenvalue weighted by atomic mass is 16.6. The molecule has 1 heterocycles. The Hall–Kier alpha value is -2.04. The lowest BCUT2D eigenvalue weighted by molar-refractivity contribution is -0.162. The molecule has 0 aromatic heterocycles. The molecule has 0 bridgehead atoms. The Kier molecular flexibility index (Phi) is 7.11. The van der Waals surface area contributed by atoms with Gasteiger partial charge in [-0.15, -0.1) is 0 Å². The van der Waals surface area contributed by atoms with Crippen molar-refractivity contribution in [2.75, 3.05) is 0 Å². The summed E-state index contributed by atoms with van der Waals surface area (Å²) in [6.45, 7) is 5.93. The molecule has 3 fully saturated rings. The number of carbonyl (C=O) groups excluding carboxylic acids is 2. The molecular weight excluding hydrogens is 402 g/mol. The van der Waals surface area contributed by atoms with Gasteiger partial charge in [-0.1, -0.05) is 75.3 Å². The zero-order chi connectivity index (χ0) is 22.7. The summed E-state index contributed by atoms with van der Waals surface area (Å²) >= 11 is 0. The molecule has 3 unspecified atom stereocenters. The smallest absolute Gasteiger partial charge is 0.411 e. The van der Waals surface area contributed by atoms with Crippen LogP contribution in [-0.2, 0) is 20.9 Å². The Morgan fingerprint density at radius 3 is 2.28 bits per heavy atom. The normalized spacial score (nSPS) is 28.8. The number of fused-ring (bicyclic) bond motifs is 1. The second kappa shape index (κ2) is 9.84. The fraction of sp³-hybridized carbons (Fsp3) is 0.704. The molecule has 1 amide bonds. The molecule has 2 aliphatic carbocycles. The van der Waals surface area contributed by atoms with E-state index in [0.29, 0.717) is 11.8 Å². The molecule has 1 aromatic rings. The van der Waals surface area contributed by atoms with Crippen molar-refractivity contribution in [3.63, 3.8) is 0 Å². The van der Waals surface area contributed by atoms with Gasteiger partial charge in [0.1, 0.15) is 18.2 Å². The molecule has 4 rings (SSSR count). The van der Waals surface area contributed by atoms with Gasteiger partial charge in [-0.05, 0) is 56.9 Å². The third kappa shape index (κ3) is 5.13. The van der Waals surface area contributed by atoms with Gasteiger partial charge < -0.3 is 9.47 Å². The number of likely N-dealkylation sites (tertiary alicyclic amines) is 1. The quantitative estimate of drug-likeness (QED) is 0.530. The first kappa shape index (κ1) is 23.1. The van der Waals surface area contributed by atoms with E-state index in [-0.39, 0.29) is 30.6 Å². The first-order valence-electron chi connectivity index (χ1n) is 12.6. The van der Waals surface area contributed by atoms with Gasteiger partial charge in [0.15, 0.2) is 0 Å². The molecule has 5 heteroatoms. The summed E-state index contributed by atoms with van der Waals surface area (Å²) in [5.74, 6) is 0.784. The monoisotopic (exact) mass is 441 g/mol. The van der Waals surface area contributed by atoms with Gasteiger partial charge in [-0.2, -0.15) is 0 Å². The van der Waals surface area contributed by atoms with Gasteiger partial charge in [0.2, 0.25) is 0 Å². The van der Waals surface area contributed by atoms with Crippen LogP contribution in [0.1, 0.15) is 84.1 Å². The lowest BCUT2D eigenvalue weighted by atomic mass is 9.68. The Morgan fingerprint density at radius 2 is 1.59 bits per heavy atom. The van der Waals surface area contributed by atoms with Crippen molar-refractivity contribution in [1.82, 2.24) is 4.90 Å². The van der Waals surface area contributed by atoms with E-state index in [1.165, 1.54) is 25.7 Å². The first-order chi connectivity index (χ1) is 15.3. The number of nitrogens with zero attached hydrogens (tertiary/aromatic N) is 1. The second-order valence-corrected chi connectivity index (χ2v) is 10.9. The van der Waals surface area contributed by atoms with E-state index in [1.54, 1.807) is 4.90 Å². The molecule has 0 radical (unpaired) electrons. The summed E-state index contributed by atoms with van der Waals surface area (Å²) in [6.07, 6.45) is 9.98. The predicted molar refractivity (Wildman–Crippen MR) is 124 cm³/mol. The summed E-state index contributed by atoms with van der Waals surface area (Å²) in [4.78, 5) is 28.9. The van der Waals surface area contributed by atoms with Crippen molar-refractivity contribution in [2.24, 2.45) is 17.8 Å². The minimum absolute atomic E-state index is 0.0801. The molecule has 1 aliphatic heterocycles.